The van der Waals surface area contributed by atoms with Crippen LogP contribution in [-0.4, -0.2) is 21.7 Å². The number of carbonyl (C=O) groups is 1. The molecule has 4 rings (SSSR count). The van der Waals surface area contributed by atoms with E-state index in [1.54, 1.807) is 6.07 Å². The van der Waals surface area contributed by atoms with Crippen LogP contribution in [0.5, 0.6) is 5.75 Å². The SMILES string of the molecule is CC1CC[C@]23CCCC[C@@]2(O)[C@H]1Cc1ccc(C(N)=O)c(O)c13. The van der Waals surface area contributed by atoms with Gasteiger partial charge in [-0.25, -0.2) is 0 Å². The molecule has 0 spiro atoms. The van der Waals surface area contributed by atoms with E-state index in [2.05, 4.69) is 6.92 Å². The van der Waals surface area contributed by atoms with Crippen LogP contribution in [0.1, 0.15) is 66.9 Å². The van der Waals surface area contributed by atoms with Crippen LogP contribution in [0.15, 0.2) is 12.1 Å². The van der Waals surface area contributed by atoms with E-state index in [1.807, 2.05) is 6.07 Å². The normalized spacial score (nSPS) is 38.5. The molecule has 124 valence electrons. The van der Waals surface area contributed by atoms with Crippen molar-refractivity contribution in [1.82, 2.24) is 0 Å². The van der Waals surface area contributed by atoms with Crippen molar-refractivity contribution in [2.24, 2.45) is 17.6 Å². The largest absolute Gasteiger partial charge is 0.507 e. The molecule has 0 aromatic heterocycles. The molecule has 4 N–H and O–H groups in total. The minimum atomic E-state index is -0.760. The first kappa shape index (κ1) is 15.0. The predicted octanol–water partition coefficient (Wildman–Crippen LogP) is 2.64. The summed E-state index contributed by atoms with van der Waals surface area (Å²) in [6.07, 6.45) is 6.49. The molecule has 4 heteroatoms. The van der Waals surface area contributed by atoms with Crippen molar-refractivity contribution in [2.45, 2.75) is 62.9 Å². The van der Waals surface area contributed by atoms with Gasteiger partial charge in [0.15, 0.2) is 0 Å². The number of amides is 1. The summed E-state index contributed by atoms with van der Waals surface area (Å²) in [5.74, 6) is 0.135. The third kappa shape index (κ3) is 1.73. The fourth-order valence-electron chi connectivity index (χ4n) is 5.91. The Kier molecular flexibility index (Phi) is 3.08. The monoisotopic (exact) mass is 315 g/mol. The molecule has 0 heterocycles. The van der Waals surface area contributed by atoms with Gasteiger partial charge in [-0.15, -0.1) is 0 Å². The molecular weight excluding hydrogens is 290 g/mol. The number of aliphatic hydroxyl groups is 1. The molecule has 23 heavy (non-hydrogen) atoms. The summed E-state index contributed by atoms with van der Waals surface area (Å²) >= 11 is 0. The molecule has 0 radical (unpaired) electrons. The smallest absolute Gasteiger partial charge is 0.252 e. The zero-order chi connectivity index (χ0) is 16.4. The van der Waals surface area contributed by atoms with Gasteiger partial charge >= 0.3 is 0 Å². The molecule has 0 aliphatic heterocycles. The zero-order valence-corrected chi connectivity index (χ0v) is 13.6. The minimum absolute atomic E-state index is 0.0170. The maximum Gasteiger partial charge on any atom is 0.252 e. The fourth-order valence-corrected chi connectivity index (χ4v) is 5.91. The first-order valence-corrected chi connectivity index (χ1v) is 8.78. The third-order valence-electron chi connectivity index (χ3n) is 7.01. The average molecular weight is 315 g/mol. The van der Waals surface area contributed by atoms with Crippen LogP contribution in [0.3, 0.4) is 0 Å². The number of fused-ring (bicyclic) bond motifs is 1. The number of benzene rings is 1. The van der Waals surface area contributed by atoms with E-state index >= 15 is 0 Å². The lowest BCUT2D eigenvalue weighted by atomic mass is 9.44. The molecule has 2 bridgehead atoms. The van der Waals surface area contributed by atoms with E-state index in [9.17, 15) is 15.0 Å². The van der Waals surface area contributed by atoms with E-state index in [4.69, 9.17) is 5.73 Å². The Morgan fingerprint density at radius 2 is 2.00 bits per heavy atom. The zero-order valence-electron chi connectivity index (χ0n) is 13.6. The third-order valence-corrected chi connectivity index (χ3v) is 7.01. The van der Waals surface area contributed by atoms with Gasteiger partial charge in [-0.2, -0.15) is 0 Å². The van der Waals surface area contributed by atoms with Crippen molar-refractivity contribution in [2.75, 3.05) is 0 Å². The lowest BCUT2D eigenvalue weighted by Crippen LogP contribution is -2.65. The predicted molar refractivity (Wildman–Crippen MR) is 87.3 cm³/mol. The van der Waals surface area contributed by atoms with E-state index < -0.39 is 16.9 Å². The van der Waals surface area contributed by atoms with Crippen LogP contribution in [0.4, 0.5) is 0 Å². The molecule has 2 saturated carbocycles. The van der Waals surface area contributed by atoms with Crippen molar-refractivity contribution >= 4 is 5.91 Å². The number of nitrogens with two attached hydrogens (primary N) is 1. The van der Waals surface area contributed by atoms with Gasteiger partial charge in [0.05, 0.1) is 11.2 Å². The van der Waals surface area contributed by atoms with Crippen LogP contribution in [-0.2, 0) is 11.8 Å². The van der Waals surface area contributed by atoms with Gasteiger partial charge in [-0.05, 0) is 55.6 Å². The lowest BCUT2D eigenvalue weighted by Gasteiger charge is -2.62. The molecule has 2 fully saturated rings. The maximum atomic E-state index is 11.7. The summed E-state index contributed by atoms with van der Waals surface area (Å²) in [7, 11) is 0. The van der Waals surface area contributed by atoms with E-state index in [-0.39, 0.29) is 17.2 Å². The fraction of sp³-hybridized carbons (Fsp3) is 0.632. The minimum Gasteiger partial charge on any atom is -0.507 e. The van der Waals surface area contributed by atoms with Gasteiger partial charge in [0.25, 0.3) is 5.91 Å². The number of aromatic hydroxyl groups is 1. The van der Waals surface area contributed by atoms with Gasteiger partial charge in [0.2, 0.25) is 0 Å². The first-order valence-electron chi connectivity index (χ1n) is 8.78. The second kappa shape index (κ2) is 4.73. The molecular formula is C19H25NO3. The molecule has 4 atom stereocenters. The van der Waals surface area contributed by atoms with Crippen molar-refractivity contribution < 1.29 is 15.0 Å². The summed E-state index contributed by atoms with van der Waals surface area (Å²) in [5, 5.41) is 22.5. The molecule has 1 unspecified atom stereocenters. The molecule has 3 aliphatic rings. The Labute approximate surface area is 136 Å². The van der Waals surface area contributed by atoms with Crippen molar-refractivity contribution in [3.8, 4) is 5.75 Å². The second-order valence-corrected chi connectivity index (χ2v) is 7.90. The number of primary amides is 1. The molecule has 3 aliphatic carbocycles. The summed E-state index contributed by atoms with van der Waals surface area (Å²) in [5.41, 5.74) is 6.36. The number of rotatable bonds is 1. The topological polar surface area (TPSA) is 83.5 Å². The highest BCUT2D eigenvalue weighted by molar-refractivity contribution is 5.96. The van der Waals surface area contributed by atoms with Crippen LogP contribution in [0, 0.1) is 11.8 Å². The van der Waals surface area contributed by atoms with Crippen LogP contribution >= 0.6 is 0 Å². The molecule has 0 saturated heterocycles. The van der Waals surface area contributed by atoms with Gasteiger partial charge in [-0.3, -0.25) is 4.79 Å². The number of phenols is 1. The van der Waals surface area contributed by atoms with Crippen LogP contribution in [0.2, 0.25) is 0 Å². The molecule has 1 aromatic carbocycles. The average Bonchev–Trinajstić information content (AvgIpc) is 2.50. The molecule has 1 amide bonds. The summed E-state index contributed by atoms with van der Waals surface area (Å²) in [6.45, 7) is 2.24. The Morgan fingerprint density at radius 3 is 2.74 bits per heavy atom. The summed E-state index contributed by atoms with van der Waals surface area (Å²) in [6, 6.07) is 3.58. The van der Waals surface area contributed by atoms with E-state index in [1.165, 1.54) is 0 Å². The van der Waals surface area contributed by atoms with E-state index in [0.717, 1.165) is 56.1 Å². The number of carbonyl (C=O) groups excluding carboxylic acids is 1. The van der Waals surface area contributed by atoms with Gasteiger partial charge in [0, 0.05) is 11.0 Å². The van der Waals surface area contributed by atoms with Crippen LogP contribution < -0.4 is 5.73 Å². The first-order chi connectivity index (χ1) is 10.9. The maximum absolute atomic E-state index is 11.7. The molecule has 4 nitrogen and oxygen atoms in total. The van der Waals surface area contributed by atoms with Crippen LogP contribution in [0.25, 0.3) is 0 Å². The number of hydrogen-bond acceptors (Lipinski definition) is 3. The highest BCUT2D eigenvalue weighted by atomic mass is 16.3. The number of hydrogen-bond donors (Lipinski definition) is 3. The Balaban J connectivity index is 2.00. The standard InChI is InChI=1S/C19H25NO3/c1-11-6-9-18-7-2-3-8-19(18,23)14(11)10-12-4-5-13(17(20)22)16(21)15(12)18/h4-5,11,14,21,23H,2-3,6-10H2,1H3,(H2,20,22)/t11?,14-,18-,19+/m0/s1. The van der Waals surface area contributed by atoms with E-state index in [0.29, 0.717) is 5.92 Å². The summed E-state index contributed by atoms with van der Waals surface area (Å²) < 4.78 is 0. The van der Waals surface area contributed by atoms with Crippen molar-refractivity contribution in [1.29, 1.82) is 0 Å². The lowest BCUT2D eigenvalue weighted by molar-refractivity contribution is -0.162. The quantitative estimate of drug-likeness (QED) is 0.745. The van der Waals surface area contributed by atoms with Gasteiger partial charge in [-0.1, -0.05) is 25.8 Å². The highest BCUT2D eigenvalue weighted by Crippen LogP contribution is 2.64. The second-order valence-electron chi connectivity index (χ2n) is 7.90. The molecule has 1 aromatic rings. The van der Waals surface area contributed by atoms with Crippen molar-refractivity contribution in [3.63, 3.8) is 0 Å². The van der Waals surface area contributed by atoms with Gasteiger partial charge in [0.1, 0.15) is 5.75 Å². The Morgan fingerprint density at radius 1 is 1.26 bits per heavy atom. The Bertz CT molecular complexity index is 685. The highest BCUT2D eigenvalue weighted by Gasteiger charge is 2.63. The van der Waals surface area contributed by atoms with Gasteiger partial charge < -0.3 is 15.9 Å². The Hall–Kier alpha value is -1.55. The summed E-state index contributed by atoms with van der Waals surface area (Å²) in [4.78, 5) is 11.7. The van der Waals surface area contributed by atoms with Crippen molar-refractivity contribution in [3.05, 3.63) is 28.8 Å².